The molecular weight excluding hydrogens is 605 g/mol. The first-order valence-corrected chi connectivity index (χ1v) is 14.8. The summed E-state index contributed by atoms with van der Waals surface area (Å²) in [6.07, 6.45) is 1.50. The van der Waals surface area contributed by atoms with Gasteiger partial charge in [-0.15, -0.1) is 0 Å². The number of ether oxygens (including phenoxy) is 3. The fourth-order valence-electron chi connectivity index (χ4n) is 4.86. The van der Waals surface area contributed by atoms with Crippen molar-refractivity contribution in [3.63, 3.8) is 0 Å². The van der Waals surface area contributed by atoms with Crippen LogP contribution in [-0.4, -0.2) is 66.1 Å². The second kappa shape index (κ2) is 13.4. The van der Waals surface area contributed by atoms with Crippen molar-refractivity contribution < 1.29 is 23.8 Å². The molecule has 3 heterocycles. The van der Waals surface area contributed by atoms with Crippen LogP contribution in [-0.2, 0) is 11.3 Å². The molecule has 1 fully saturated rings. The number of piperazine rings is 1. The van der Waals surface area contributed by atoms with Crippen molar-refractivity contribution in [2.75, 3.05) is 50.2 Å². The zero-order chi connectivity index (χ0) is 30.5. The number of carbonyl (C=O) groups is 2. The molecular formula is C32H29Cl2N5O5. The number of nitrogens with one attached hydrogen (secondary N) is 2. The standard InChI is InChI=1S/C32H29Cl2N5O5/c33-26-8-2-22(16-27(26)34)32(41)37-24-5-10-30(36-17-24)44-25-6-3-23(4-7-25)35-18-31(40)39-13-11-38(12-14-39)19-21-1-9-28-29(15-21)43-20-42-28/h1-10,15-17,35H,11-14,18-20H2,(H,37,41). The van der Waals surface area contributed by atoms with Crippen molar-refractivity contribution in [3.05, 3.63) is 100 Å². The summed E-state index contributed by atoms with van der Waals surface area (Å²) >= 11 is 11.9. The number of carbonyl (C=O) groups excluding carboxylic acids is 2. The first kappa shape index (κ1) is 29.6. The largest absolute Gasteiger partial charge is 0.454 e. The maximum atomic E-state index is 12.8. The number of hydrogen-bond acceptors (Lipinski definition) is 8. The van der Waals surface area contributed by atoms with Crippen LogP contribution >= 0.6 is 23.2 Å². The Morgan fingerprint density at radius 2 is 1.61 bits per heavy atom. The Morgan fingerprint density at radius 3 is 2.36 bits per heavy atom. The van der Waals surface area contributed by atoms with E-state index in [9.17, 15) is 9.59 Å². The fraction of sp³-hybridized carbons (Fsp3) is 0.219. The van der Waals surface area contributed by atoms with Crippen LogP contribution in [0.2, 0.25) is 10.0 Å². The van der Waals surface area contributed by atoms with Crippen molar-refractivity contribution >= 4 is 46.4 Å². The number of rotatable bonds is 9. The lowest BCUT2D eigenvalue weighted by Crippen LogP contribution is -2.49. The van der Waals surface area contributed by atoms with Crippen LogP contribution in [0.1, 0.15) is 15.9 Å². The van der Waals surface area contributed by atoms with Gasteiger partial charge in [-0.2, -0.15) is 0 Å². The van der Waals surface area contributed by atoms with E-state index in [1.54, 1.807) is 36.4 Å². The average molecular weight is 635 g/mol. The Hall–Kier alpha value is -4.51. The Labute approximate surface area is 264 Å². The Bertz CT molecular complexity index is 1640. The van der Waals surface area contributed by atoms with Gasteiger partial charge in [-0.25, -0.2) is 4.98 Å². The maximum Gasteiger partial charge on any atom is 0.255 e. The third-order valence-corrected chi connectivity index (χ3v) is 8.00. The predicted molar refractivity (Wildman–Crippen MR) is 168 cm³/mol. The van der Waals surface area contributed by atoms with Crippen LogP contribution in [0.3, 0.4) is 0 Å². The van der Waals surface area contributed by atoms with Crippen LogP contribution < -0.4 is 24.8 Å². The molecule has 0 unspecified atom stereocenters. The lowest BCUT2D eigenvalue weighted by Gasteiger charge is -2.35. The summed E-state index contributed by atoms with van der Waals surface area (Å²) in [5.41, 5.74) is 2.86. The molecule has 3 aromatic carbocycles. The lowest BCUT2D eigenvalue weighted by molar-refractivity contribution is -0.131. The van der Waals surface area contributed by atoms with E-state index in [-0.39, 0.29) is 25.2 Å². The summed E-state index contributed by atoms with van der Waals surface area (Å²) < 4.78 is 16.7. The second-order valence-electron chi connectivity index (χ2n) is 10.3. The molecule has 0 atom stereocenters. The van der Waals surface area contributed by atoms with E-state index >= 15 is 0 Å². The van der Waals surface area contributed by atoms with Crippen molar-refractivity contribution in [2.45, 2.75) is 6.54 Å². The summed E-state index contributed by atoms with van der Waals surface area (Å²) in [5, 5.41) is 6.64. The predicted octanol–water partition coefficient (Wildman–Crippen LogP) is 5.92. The maximum absolute atomic E-state index is 12.8. The Morgan fingerprint density at radius 1 is 0.841 bits per heavy atom. The number of hydrogen-bond donors (Lipinski definition) is 2. The van der Waals surface area contributed by atoms with Crippen LogP contribution in [0.5, 0.6) is 23.1 Å². The molecule has 2 N–H and O–H groups in total. The van der Waals surface area contributed by atoms with Crippen molar-refractivity contribution in [1.82, 2.24) is 14.8 Å². The average Bonchev–Trinajstić information content (AvgIpc) is 3.51. The minimum atomic E-state index is -0.333. The van der Waals surface area contributed by atoms with Gasteiger partial charge >= 0.3 is 0 Å². The summed E-state index contributed by atoms with van der Waals surface area (Å²) in [6.45, 7) is 4.27. The molecule has 0 saturated carbocycles. The molecule has 10 nitrogen and oxygen atoms in total. The van der Waals surface area contributed by atoms with Gasteiger partial charge < -0.3 is 29.7 Å². The summed E-state index contributed by atoms with van der Waals surface area (Å²) in [5.74, 6) is 2.25. The van der Waals surface area contributed by atoms with Crippen molar-refractivity contribution in [2.24, 2.45) is 0 Å². The highest BCUT2D eigenvalue weighted by molar-refractivity contribution is 6.42. The van der Waals surface area contributed by atoms with E-state index in [1.165, 1.54) is 17.8 Å². The third-order valence-electron chi connectivity index (χ3n) is 7.26. The summed E-state index contributed by atoms with van der Waals surface area (Å²) in [6, 6.07) is 21.3. The highest BCUT2D eigenvalue weighted by Crippen LogP contribution is 2.33. The first-order valence-electron chi connectivity index (χ1n) is 14.0. The van der Waals surface area contributed by atoms with Gasteiger partial charge in [0.05, 0.1) is 28.5 Å². The molecule has 0 aliphatic carbocycles. The monoisotopic (exact) mass is 633 g/mol. The molecule has 1 aromatic heterocycles. The first-order chi connectivity index (χ1) is 21.4. The second-order valence-corrected chi connectivity index (χ2v) is 11.1. The van der Waals surface area contributed by atoms with Gasteiger partial charge in [0.1, 0.15) is 5.75 Å². The normalized spacial score (nSPS) is 14.3. The van der Waals surface area contributed by atoms with E-state index in [2.05, 4.69) is 26.6 Å². The SMILES string of the molecule is O=C(Nc1ccc(Oc2ccc(NCC(=O)N3CCN(Cc4ccc5c(c4)OCO5)CC3)cc2)nc1)c1ccc(Cl)c(Cl)c1. The van der Waals surface area contributed by atoms with Gasteiger partial charge in [0.15, 0.2) is 11.5 Å². The highest BCUT2D eigenvalue weighted by Gasteiger charge is 2.22. The van der Waals surface area contributed by atoms with Gasteiger partial charge in [-0.05, 0) is 66.2 Å². The van der Waals surface area contributed by atoms with E-state index in [0.717, 1.165) is 36.8 Å². The van der Waals surface area contributed by atoms with Crippen LogP contribution in [0.15, 0.2) is 79.0 Å². The Balaban J connectivity index is 0.925. The van der Waals surface area contributed by atoms with Crippen molar-refractivity contribution in [3.8, 4) is 23.1 Å². The van der Waals surface area contributed by atoms with E-state index < -0.39 is 0 Å². The van der Waals surface area contributed by atoms with Gasteiger partial charge in [0.2, 0.25) is 18.6 Å². The molecule has 12 heteroatoms. The fourth-order valence-corrected chi connectivity index (χ4v) is 5.16. The minimum absolute atomic E-state index is 0.0589. The van der Waals surface area contributed by atoms with Gasteiger partial charge in [-0.1, -0.05) is 29.3 Å². The summed E-state index contributed by atoms with van der Waals surface area (Å²) in [4.78, 5) is 33.8. The van der Waals surface area contributed by atoms with E-state index in [4.69, 9.17) is 37.4 Å². The molecule has 4 aromatic rings. The molecule has 6 rings (SSSR count). The number of fused-ring (bicyclic) bond motifs is 1. The third kappa shape index (κ3) is 7.34. The molecule has 0 bridgehead atoms. The number of halogens is 2. The quantitative estimate of drug-likeness (QED) is 0.234. The highest BCUT2D eigenvalue weighted by atomic mass is 35.5. The molecule has 2 aliphatic rings. The number of benzene rings is 3. The number of amides is 2. The van der Waals surface area contributed by atoms with Crippen LogP contribution in [0.25, 0.3) is 0 Å². The smallest absolute Gasteiger partial charge is 0.255 e. The van der Waals surface area contributed by atoms with Crippen LogP contribution in [0.4, 0.5) is 11.4 Å². The van der Waals surface area contributed by atoms with Crippen molar-refractivity contribution in [1.29, 1.82) is 0 Å². The number of nitrogens with zero attached hydrogens (tertiary/aromatic N) is 3. The molecule has 0 spiro atoms. The zero-order valence-corrected chi connectivity index (χ0v) is 25.1. The number of pyridine rings is 1. The van der Waals surface area contributed by atoms with Gasteiger partial charge in [-0.3, -0.25) is 14.5 Å². The molecule has 2 amide bonds. The molecule has 44 heavy (non-hydrogen) atoms. The van der Waals surface area contributed by atoms with E-state index in [0.29, 0.717) is 46.0 Å². The van der Waals surface area contributed by atoms with E-state index in [1.807, 2.05) is 29.2 Å². The molecule has 226 valence electrons. The zero-order valence-electron chi connectivity index (χ0n) is 23.6. The van der Waals surface area contributed by atoms with Crippen LogP contribution in [0, 0.1) is 0 Å². The summed E-state index contributed by atoms with van der Waals surface area (Å²) in [7, 11) is 0. The topological polar surface area (TPSA) is 105 Å². The minimum Gasteiger partial charge on any atom is -0.454 e. The van der Waals surface area contributed by atoms with Gasteiger partial charge in [0.25, 0.3) is 5.91 Å². The Kier molecular flexibility index (Phi) is 9.02. The lowest BCUT2D eigenvalue weighted by atomic mass is 10.1. The number of anilines is 2. The van der Waals surface area contributed by atoms with Gasteiger partial charge in [0, 0.05) is 50.0 Å². The molecule has 1 saturated heterocycles. The molecule has 2 aliphatic heterocycles. The number of aromatic nitrogens is 1. The molecule has 0 radical (unpaired) electrons.